The summed E-state index contributed by atoms with van der Waals surface area (Å²) in [6, 6.07) is 1.17. The maximum atomic E-state index is 5.60. The molecule has 0 aliphatic carbocycles. The fraction of sp³-hybridized carbons (Fsp3) is 0.733. The van der Waals surface area contributed by atoms with Gasteiger partial charge in [0.05, 0.1) is 0 Å². The third-order valence-corrected chi connectivity index (χ3v) is 4.73. The summed E-state index contributed by atoms with van der Waals surface area (Å²) >= 11 is 0. The van der Waals surface area contributed by atoms with Crippen LogP contribution in [0.15, 0.2) is 0 Å². The largest absolute Gasteiger partial charge is 0.365 e. The predicted molar refractivity (Wildman–Crippen MR) is 85.2 cm³/mol. The van der Waals surface area contributed by atoms with Crippen LogP contribution >= 0.6 is 0 Å². The number of hydrogen-bond donors (Lipinski definition) is 3. The Balaban J connectivity index is 1.82. The third kappa shape index (κ3) is 2.82. The average molecular weight is 290 g/mol. The molecule has 4 N–H and O–H groups in total. The molecule has 0 amide bonds. The number of rotatable bonds is 5. The van der Waals surface area contributed by atoms with Crippen LogP contribution in [0.4, 0.5) is 11.6 Å². The van der Waals surface area contributed by atoms with Crippen LogP contribution in [-0.4, -0.2) is 40.0 Å². The van der Waals surface area contributed by atoms with Crippen LogP contribution in [0.25, 0.3) is 0 Å². The fourth-order valence-electron chi connectivity index (χ4n) is 3.61. The number of fused-ring (bicyclic) bond motifs is 1. The van der Waals surface area contributed by atoms with E-state index in [0.29, 0.717) is 12.1 Å². The minimum atomic E-state index is 0.501. The van der Waals surface area contributed by atoms with Crippen molar-refractivity contribution in [2.24, 2.45) is 5.84 Å². The Morgan fingerprint density at radius 1 is 1.24 bits per heavy atom. The van der Waals surface area contributed by atoms with E-state index in [9.17, 15) is 0 Å². The van der Waals surface area contributed by atoms with Crippen molar-refractivity contribution in [3.63, 3.8) is 0 Å². The highest BCUT2D eigenvalue weighted by Gasteiger charge is 2.37. The van der Waals surface area contributed by atoms with Crippen LogP contribution in [0.3, 0.4) is 0 Å². The van der Waals surface area contributed by atoms with Crippen molar-refractivity contribution in [3.05, 3.63) is 11.4 Å². The third-order valence-electron chi connectivity index (χ3n) is 4.73. The Morgan fingerprint density at radius 3 is 2.81 bits per heavy atom. The Kier molecular flexibility index (Phi) is 4.26. The monoisotopic (exact) mass is 290 g/mol. The molecule has 2 saturated heterocycles. The molecule has 0 saturated carbocycles. The normalized spacial score (nSPS) is 25.1. The van der Waals surface area contributed by atoms with E-state index in [0.717, 1.165) is 35.9 Å². The number of aryl methyl sites for hydroxylation is 1. The lowest BCUT2D eigenvalue weighted by Gasteiger charge is -2.23. The summed E-state index contributed by atoms with van der Waals surface area (Å²) in [5.41, 5.74) is 3.71. The Morgan fingerprint density at radius 2 is 2.05 bits per heavy atom. The number of anilines is 2. The smallest absolute Gasteiger partial charge is 0.148 e. The molecule has 2 fully saturated rings. The lowest BCUT2D eigenvalue weighted by Crippen LogP contribution is -2.34. The molecule has 1 aromatic heterocycles. The molecule has 0 bridgehead atoms. The highest BCUT2D eigenvalue weighted by Crippen LogP contribution is 2.31. The number of hydrazine groups is 1. The van der Waals surface area contributed by atoms with Crippen LogP contribution in [0.5, 0.6) is 0 Å². The highest BCUT2D eigenvalue weighted by molar-refractivity contribution is 5.57. The molecule has 0 aromatic carbocycles. The van der Waals surface area contributed by atoms with Gasteiger partial charge in [0.1, 0.15) is 17.5 Å². The van der Waals surface area contributed by atoms with Gasteiger partial charge < -0.3 is 10.7 Å². The number of nitrogens with one attached hydrogen (secondary N) is 2. The Bertz CT molecular complexity index is 503. The number of nitrogens with zero attached hydrogens (tertiary/aromatic N) is 3. The molecular weight excluding hydrogens is 264 g/mol. The van der Waals surface area contributed by atoms with Gasteiger partial charge in [-0.3, -0.25) is 4.90 Å². The van der Waals surface area contributed by atoms with E-state index in [-0.39, 0.29) is 0 Å². The predicted octanol–water partition coefficient (Wildman–Crippen LogP) is 1.67. The zero-order valence-corrected chi connectivity index (χ0v) is 13.0. The van der Waals surface area contributed by atoms with E-state index in [1.165, 1.54) is 32.4 Å². The molecule has 0 radical (unpaired) electrons. The van der Waals surface area contributed by atoms with Crippen molar-refractivity contribution in [1.82, 2.24) is 14.9 Å². The number of nitrogens with two attached hydrogens (primary N) is 1. The van der Waals surface area contributed by atoms with Crippen molar-refractivity contribution < 1.29 is 0 Å². The average Bonchev–Trinajstić information content (AvgIpc) is 3.07. The first-order chi connectivity index (χ1) is 10.2. The fourth-order valence-corrected chi connectivity index (χ4v) is 3.61. The van der Waals surface area contributed by atoms with Gasteiger partial charge in [-0.05, 0) is 39.2 Å². The summed E-state index contributed by atoms with van der Waals surface area (Å²) in [4.78, 5) is 11.8. The number of hydrogen-bond acceptors (Lipinski definition) is 6. The first-order valence-corrected chi connectivity index (χ1v) is 8.07. The molecule has 2 unspecified atom stereocenters. The second-order valence-electron chi connectivity index (χ2n) is 6.14. The van der Waals surface area contributed by atoms with Crippen LogP contribution in [0.2, 0.25) is 0 Å². The summed E-state index contributed by atoms with van der Waals surface area (Å²) in [6.45, 7) is 6.62. The van der Waals surface area contributed by atoms with E-state index < -0.39 is 0 Å². The first-order valence-electron chi connectivity index (χ1n) is 8.07. The maximum Gasteiger partial charge on any atom is 0.148 e. The molecule has 0 spiro atoms. The first kappa shape index (κ1) is 14.5. The van der Waals surface area contributed by atoms with Gasteiger partial charge in [-0.15, -0.1) is 0 Å². The molecule has 6 nitrogen and oxygen atoms in total. The van der Waals surface area contributed by atoms with Gasteiger partial charge in [0.2, 0.25) is 0 Å². The molecule has 116 valence electrons. The number of aromatic nitrogens is 2. The van der Waals surface area contributed by atoms with Crippen LogP contribution < -0.4 is 16.6 Å². The minimum Gasteiger partial charge on any atom is -0.365 e. The van der Waals surface area contributed by atoms with Gasteiger partial charge in [0, 0.05) is 30.6 Å². The van der Waals surface area contributed by atoms with Gasteiger partial charge in [-0.1, -0.05) is 6.92 Å². The lowest BCUT2D eigenvalue weighted by atomic mass is 10.1. The summed E-state index contributed by atoms with van der Waals surface area (Å²) in [7, 11) is 0. The molecular formula is C15H26N6. The van der Waals surface area contributed by atoms with Crippen molar-refractivity contribution in [1.29, 1.82) is 0 Å². The van der Waals surface area contributed by atoms with Gasteiger partial charge in [0.15, 0.2) is 0 Å². The van der Waals surface area contributed by atoms with Crippen LogP contribution in [0.1, 0.15) is 44.0 Å². The highest BCUT2D eigenvalue weighted by atomic mass is 15.3. The van der Waals surface area contributed by atoms with E-state index in [1.807, 2.05) is 6.92 Å². The Hall–Kier alpha value is -1.40. The zero-order valence-electron chi connectivity index (χ0n) is 13.0. The molecule has 3 heterocycles. The summed E-state index contributed by atoms with van der Waals surface area (Å²) in [5, 5.41) is 3.67. The van der Waals surface area contributed by atoms with E-state index >= 15 is 0 Å². The van der Waals surface area contributed by atoms with E-state index in [4.69, 9.17) is 10.8 Å². The van der Waals surface area contributed by atoms with E-state index in [2.05, 4.69) is 27.6 Å². The minimum absolute atomic E-state index is 0.501. The molecule has 6 heteroatoms. The lowest BCUT2D eigenvalue weighted by molar-refractivity contribution is 0.318. The molecule has 2 atom stereocenters. The second kappa shape index (κ2) is 6.15. The molecule has 21 heavy (non-hydrogen) atoms. The Labute approximate surface area is 126 Å². The topological polar surface area (TPSA) is 79.1 Å². The van der Waals surface area contributed by atoms with E-state index in [1.54, 1.807) is 0 Å². The summed E-state index contributed by atoms with van der Waals surface area (Å²) < 4.78 is 0. The summed E-state index contributed by atoms with van der Waals surface area (Å²) in [6.07, 6.45) is 5.73. The van der Waals surface area contributed by atoms with Gasteiger partial charge in [0.25, 0.3) is 0 Å². The summed E-state index contributed by atoms with van der Waals surface area (Å²) in [5.74, 6) is 8.14. The second-order valence-corrected chi connectivity index (χ2v) is 6.14. The van der Waals surface area contributed by atoms with Gasteiger partial charge >= 0.3 is 0 Å². The zero-order chi connectivity index (χ0) is 14.8. The molecule has 1 aromatic rings. The van der Waals surface area contributed by atoms with Crippen LogP contribution in [0, 0.1) is 6.92 Å². The van der Waals surface area contributed by atoms with Crippen molar-refractivity contribution in [3.8, 4) is 0 Å². The maximum absolute atomic E-state index is 5.60. The van der Waals surface area contributed by atoms with Gasteiger partial charge in [-0.25, -0.2) is 15.8 Å². The van der Waals surface area contributed by atoms with Gasteiger partial charge in [-0.2, -0.15) is 0 Å². The van der Waals surface area contributed by atoms with Crippen molar-refractivity contribution in [2.45, 2.75) is 58.0 Å². The molecule has 2 aliphatic heterocycles. The van der Waals surface area contributed by atoms with Crippen LogP contribution in [-0.2, 0) is 6.42 Å². The SMILES string of the molecule is CCCc1nc(NN)c(C)c(NC2CCN3CCCC23)n1. The molecule has 2 aliphatic rings. The number of nitrogen functional groups attached to an aromatic ring is 1. The standard InChI is InChI=1S/C15H26N6/c1-3-5-13-18-14(10(2)15(19-13)20-16)17-11-7-9-21-8-4-6-12(11)21/h11-12H,3-9,16H2,1-2H3,(H2,17,18,19,20). The van der Waals surface area contributed by atoms with Crippen molar-refractivity contribution in [2.75, 3.05) is 23.8 Å². The molecule has 3 rings (SSSR count). The van der Waals surface area contributed by atoms with Crippen molar-refractivity contribution >= 4 is 11.6 Å². The quantitative estimate of drug-likeness (QED) is 0.565.